The third-order valence-corrected chi connectivity index (χ3v) is 5.30. The Labute approximate surface area is 161 Å². The molecule has 0 saturated carbocycles. The van der Waals surface area contributed by atoms with Crippen molar-refractivity contribution >= 4 is 34.9 Å². The van der Waals surface area contributed by atoms with Crippen LogP contribution in [-0.2, 0) is 9.59 Å². The predicted molar refractivity (Wildman–Crippen MR) is 100 cm³/mol. The smallest absolute Gasteiger partial charge is 0.251 e. The van der Waals surface area contributed by atoms with Gasteiger partial charge in [0.05, 0.1) is 23.2 Å². The molecule has 1 unspecified atom stereocenters. The number of hydrogen-bond donors (Lipinski definition) is 0. The van der Waals surface area contributed by atoms with Gasteiger partial charge in [0, 0.05) is 32.4 Å². The van der Waals surface area contributed by atoms with E-state index in [-0.39, 0.29) is 23.3 Å². The maximum absolute atomic E-state index is 13.4. The lowest BCUT2D eigenvalue weighted by Crippen LogP contribution is -2.52. The summed E-state index contributed by atoms with van der Waals surface area (Å²) in [6.45, 7) is 2.80. The van der Waals surface area contributed by atoms with Crippen LogP contribution in [0.2, 0.25) is 5.02 Å². The molecule has 0 spiro atoms. The monoisotopic (exact) mass is 388 g/mol. The van der Waals surface area contributed by atoms with E-state index in [2.05, 4.69) is 9.88 Å². The zero-order chi connectivity index (χ0) is 19.0. The Balaban J connectivity index is 1.45. The van der Waals surface area contributed by atoms with Gasteiger partial charge < -0.3 is 4.90 Å². The second kappa shape index (κ2) is 7.25. The highest BCUT2D eigenvalue weighted by molar-refractivity contribution is 6.31. The molecule has 0 bridgehead atoms. The predicted octanol–water partition coefficient (Wildman–Crippen LogP) is 2.33. The first-order valence-electron chi connectivity index (χ1n) is 8.76. The Morgan fingerprint density at radius 1 is 1.07 bits per heavy atom. The molecule has 1 atom stereocenters. The summed E-state index contributed by atoms with van der Waals surface area (Å²) in [7, 11) is 0. The molecule has 6 nitrogen and oxygen atoms in total. The number of nitrogens with zero attached hydrogens (tertiary/aromatic N) is 4. The number of amides is 2. The quantitative estimate of drug-likeness (QED) is 0.755. The fourth-order valence-electron chi connectivity index (χ4n) is 3.60. The number of pyridine rings is 1. The molecule has 2 aliphatic rings. The van der Waals surface area contributed by atoms with Crippen molar-refractivity contribution in [2.75, 3.05) is 36.0 Å². The van der Waals surface area contributed by atoms with Gasteiger partial charge in [-0.25, -0.2) is 14.3 Å². The van der Waals surface area contributed by atoms with E-state index in [0.29, 0.717) is 18.8 Å². The molecule has 0 aliphatic carbocycles. The van der Waals surface area contributed by atoms with Crippen molar-refractivity contribution in [2.45, 2.75) is 12.5 Å². The van der Waals surface area contributed by atoms with Gasteiger partial charge in [-0.05, 0) is 30.3 Å². The molecule has 1 aromatic carbocycles. The summed E-state index contributed by atoms with van der Waals surface area (Å²) >= 11 is 5.80. The zero-order valence-electron chi connectivity index (χ0n) is 14.5. The van der Waals surface area contributed by atoms with Crippen LogP contribution in [0.25, 0.3) is 0 Å². The summed E-state index contributed by atoms with van der Waals surface area (Å²) < 4.78 is 13.4. The fourth-order valence-corrected chi connectivity index (χ4v) is 3.77. The van der Waals surface area contributed by atoms with Crippen LogP contribution >= 0.6 is 11.6 Å². The molecule has 2 aromatic rings. The minimum Gasteiger partial charge on any atom is -0.354 e. The van der Waals surface area contributed by atoms with Gasteiger partial charge in [-0.2, -0.15) is 0 Å². The van der Waals surface area contributed by atoms with E-state index in [1.54, 1.807) is 6.20 Å². The molecule has 2 saturated heterocycles. The van der Waals surface area contributed by atoms with E-state index in [1.165, 1.54) is 12.1 Å². The van der Waals surface area contributed by atoms with Crippen LogP contribution < -0.4 is 9.80 Å². The molecule has 0 radical (unpaired) electrons. The second-order valence-electron chi connectivity index (χ2n) is 6.60. The van der Waals surface area contributed by atoms with Crippen molar-refractivity contribution < 1.29 is 14.0 Å². The van der Waals surface area contributed by atoms with Crippen LogP contribution in [0, 0.1) is 5.82 Å². The number of hydrogen-bond acceptors (Lipinski definition) is 5. The lowest BCUT2D eigenvalue weighted by Gasteiger charge is -2.37. The summed E-state index contributed by atoms with van der Waals surface area (Å²) in [6, 6.07) is 9.16. The Kier molecular flexibility index (Phi) is 4.80. The van der Waals surface area contributed by atoms with E-state index < -0.39 is 11.9 Å². The molecule has 140 valence electrons. The number of piperazine rings is 1. The third-order valence-electron chi connectivity index (χ3n) is 5.01. The molecule has 1 aromatic heterocycles. The minimum absolute atomic E-state index is 0.111. The van der Waals surface area contributed by atoms with Gasteiger partial charge in [0.15, 0.2) is 0 Å². The number of imide groups is 1. The Hall–Kier alpha value is -2.51. The summed E-state index contributed by atoms with van der Waals surface area (Å²) in [5.74, 6) is -0.246. The molecule has 0 N–H and O–H groups in total. The van der Waals surface area contributed by atoms with Crippen LogP contribution in [0.5, 0.6) is 0 Å². The van der Waals surface area contributed by atoms with Gasteiger partial charge in [0.1, 0.15) is 11.6 Å². The number of benzene rings is 1. The molecule has 2 aliphatic heterocycles. The molecule has 2 fully saturated rings. The summed E-state index contributed by atoms with van der Waals surface area (Å²) in [5.41, 5.74) is 0.311. The SMILES string of the molecule is O=C1CC(N2CCN(c3ccccn3)CC2)C(=O)N1c1ccc(F)c(Cl)c1. The molecular weight excluding hydrogens is 371 g/mol. The number of rotatable bonds is 3. The maximum atomic E-state index is 13.4. The lowest BCUT2D eigenvalue weighted by molar-refractivity contribution is -0.123. The second-order valence-corrected chi connectivity index (χ2v) is 7.00. The van der Waals surface area contributed by atoms with Gasteiger partial charge in [0.2, 0.25) is 5.91 Å². The number of carbonyl (C=O) groups is 2. The average Bonchev–Trinajstić information content (AvgIpc) is 2.99. The Morgan fingerprint density at radius 3 is 2.52 bits per heavy atom. The summed E-state index contributed by atoms with van der Waals surface area (Å²) in [6.07, 6.45) is 1.88. The maximum Gasteiger partial charge on any atom is 0.251 e. The van der Waals surface area contributed by atoms with Gasteiger partial charge >= 0.3 is 0 Å². The lowest BCUT2D eigenvalue weighted by atomic mass is 10.1. The highest BCUT2D eigenvalue weighted by atomic mass is 35.5. The van der Waals surface area contributed by atoms with E-state index in [9.17, 15) is 14.0 Å². The van der Waals surface area contributed by atoms with Crippen molar-refractivity contribution in [2.24, 2.45) is 0 Å². The van der Waals surface area contributed by atoms with Crippen molar-refractivity contribution in [1.82, 2.24) is 9.88 Å². The van der Waals surface area contributed by atoms with Gasteiger partial charge in [-0.1, -0.05) is 17.7 Å². The van der Waals surface area contributed by atoms with Gasteiger partial charge in [-0.3, -0.25) is 14.5 Å². The van der Waals surface area contributed by atoms with Crippen molar-refractivity contribution in [1.29, 1.82) is 0 Å². The van der Waals surface area contributed by atoms with E-state index >= 15 is 0 Å². The van der Waals surface area contributed by atoms with Crippen molar-refractivity contribution in [3.8, 4) is 0 Å². The third kappa shape index (κ3) is 3.40. The average molecular weight is 389 g/mol. The summed E-state index contributed by atoms with van der Waals surface area (Å²) in [4.78, 5) is 35.0. The largest absolute Gasteiger partial charge is 0.354 e. The number of carbonyl (C=O) groups excluding carboxylic acids is 2. The normalized spacial score (nSPS) is 21.2. The van der Waals surface area contributed by atoms with Crippen LogP contribution in [0.4, 0.5) is 15.9 Å². The summed E-state index contributed by atoms with van der Waals surface area (Å²) in [5, 5.41) is -0.111. The first kappa shape index (κ1) is 17.9. The van der Waals surface area contributed by atoms with Crippen LogP contribution in [-0.4, -0.2) is 53.9 Å². The first-order chi connectivity index (χ1) is 13.0. The van der Waals surface area contributed by atoms with Crippen LogP contribution in [0.3, 0.4) is 0 Å². The molecule has 27 heavy (non-hydrogen) atoms. The van der Waals surface area contributed by atoms with E-state index in [1.807, 2.05) is 23.1 Å². The van der Waals surface area contributed by atoms with E-state index in [4.69, 9.17) is 11.6 Å². The van der Waals surface area contributed by atoms with E-state index in [0.717, 1.165) is 29.9 Å². The fraction of sp³-hybridized carbons (Fsp3) is 0.316. The van der Waals surface area contributed by atoms with Crippen LogP contribution in [0.1, 0.15) is 6.42 Å². The minimum atomic E-state index is -0.582. The number of halogens is 2. The van der Waals surface area contributed by atoms with Crippen LogP contribution in [0.15, 0.2) is 42.6 Å². The Bertz CT molecular complexity index is 871. The van der Waals surface area contributed by atoms with Crippen molar-refractivity contribution in [3.63, 3.8) is 0 Å². The Morgan fingerprint density at radius 2 is 1.85 bits per heavy atom. The zero-order valence-corrected chi connectivity index (χ0v) is 15.3. The first-order valence-corrected chi connectivity index (χ1v) is 9.14. The highest BCUT2D eigenvalue weighted by Crippen LogP contribution is 2.29. The standard InChI is InChI=1S/C19H18ClFN4O2/c20-14-11-13(4-5-15(14)21)25-18(26)12-16(19(25)27)23-7-9-24(10-8-23)17-3-1-2-6-22-17/h1-6,11,16H,7-10,12H2. The molecule has 4 rings (SSSR count). The molecule has 2 amide bonds. The highest BCUT2D eigenvalue weighted by Gasteiger charge is 2.43. The topological polar surface area (TPSA) is 56.8 Å². The molecular formula is C19H18ClFN4O2. The number of anilines is 2. The van der Waals surface area contributed by atoms with Gasteiger partial charge in [-0.15, -0.1) is 0 Å². The molecule has 3 heterocycles. The molecule has 8 heteroatoms. The van der Waals surface area contributed by atoms with Crippen molar-refractivity contribution in [3.05, 3.63) is 53.4 Å². The van der Waals surface area contributed by atoms with Gasteiger partial charge in [0.25, 0.3) is 5.91 Å². The number of aromatic nitrogens is 1.